The highest BCUT2D eigenvalue weighted by Gasteiger charge is 2.24. The molecule has 0 bridgehead atoms. The second-order valence-corrected chi connectivity index (χ2v) is 6.96. The summed E-state index contributed by atoms with van der Waals surface area (Å²) in [5.41, 5.74) is 1.67. The second kappa shape index (κ2) is 5.33. The van der Waals surface area contributed by atoms with Gasteiger partial charge in [-0.15, -0.1) is 0 Å². The number of rotatable bonds is 2. The van der Waals surface area contributed by atoms with Crippen LogP contribution in [0.2, 0.25) is 0 Å². The normalized spacial score (nSPS) is 13.9. The number of carbonyl (C=O) groups is 1. The molecular formula is C16H21N5O2. The highest BCUT2D eigenvalue weighted by atomic mass is 16.2. The van der Waals surface area contributed by atoms with E-state index < -0.39 is 5.41 Å². The van der Waals surface area contributed by atoms with E-state index in [2.05, 4.69) is 20.4 Å². The molecule has 0 unspecified atom stereocenters. The molecule has 0 saturated heterocycles. The van der Waals surface area contributed by atoms with Gasteiger partial charge in [-0.25, -0.2) is 4.98 Å². The summed E-state index contributed by atoms with van der Waals surface area (Å²) in [5.74, 6) is 0.721. The third kappa shape index (κ3) is 2.91. The predicted octanol–water partition coefficient (Wildman–Crippen LogP) is 1.74. The second-order valence-electron chi connectivity index (χ2n) is 6.96. The number of amides is 1. The van der Waals surface area contributed by atoms with Gasteiger partial charge in [0.05, 0.1) is 11.4 Å². The van der Waals surface area contributed by atoms with E-state index in [1.807, 2.05) is 27.7 Å². The fraction of sp³-hybridized carbons (Fsp3) is 0.500. The Morgan fingerprint density at radius 1 is 1.35 bits per heavy atom. The average molecular weight is 315 g/mol. The Bertz CT molecular complexity index is 826. The van der Waals surface area contributed by atoms with Gasteiger partial charge in [-0.2, -0.15) is 9.78 Å². The number of fused-ring (bicyclic) bond motifs is 1. The lowest BCUT2D eigenvalue weighted by Gasteiger charge is -2.18. The molecule has 2 N–H and O–H groups in total. The fourth-order valence-corrected chi connectivity index (χ4v) is 2.58. The predicted molar refractivity (Wildman–Crippen MR) is 86.8 cm³/mol. The van der Waals surface area contributed by atoms with Crippen molar-refractivity contribution in [3.05, 3.63) is 33.4 Å². The maximum absolute atomic E-state index is 12.2. The first-order valence-electron chi connectivity index (χ1n) is 7.76. The van der Waals surface area contributed by atoms with Crippen LogP contribution in [-0.4, -0.2) is 25.7 Å². The molecule has 0 atom stereocenters. The number of nitrogens with zero attached hydrogens (tertiary/aromatic N) is 3. The van der Waals surface area contributed by atoms with Gasteiger partial charge < -0.3 is 5.32 Å². The highest BCUT2D eigenvalue weighted by Crippen LogP contribution is 2.21. The molecule has 3 rings (SSSR count). The molecule has 2 aromatic heterocycles. The van der Waals surface area contributed by atoms with Crippen LogP contribution in [0.15, 0.2) is 10.9 Å². The SMILES string of the molecule is Cc1cc(NC(=O)C(C)(C)C)n(-c2nc3c(c(=O)[nH]2)CCC3)n1. The van der Waals surface area contributed by atoms with E-state index in [1.54, 1.807) is 6.07 Å². The average Bonchev–Trinajstić information content (AvgIpc) is 3.04. The Balaban J connectivity index is 2.03. The Morgan fingerprint density at radius 2 is 2.09 bits per heavy atom. The van der Waals surface area contributed by atoms with E-state index in [0.29, 0.717) is 11.8 Å². The van der Waals surface area contributed by atoms with Crippen LogP contribution in [0.1, 0.15) is 44.1 Å². The van der Waals surface area contributed by atoms with Crippen LogP contribution in [0.25, 0.3) is 5.95 Å². The summed E-state index contributed by atoms with van der Waals surface area (Å²) < 4.78 is 1.49. The van der Waals surface area contributed by atoms with Crippen molar-refractivity contribution >= 4 is 11.7 Å². The number of nitrogens with one attached hydrogen (secondary N) is 2. The van der Waals surface area contributed by atoms with Crippen molar-refractivity contribution in [1.29, 1.82) is 0 Å². The van der Waals surface area contributed by atoms with E-state index in [-0.39, 0.29) is 11.5 Å². The molecule has 1 aliphatic rings. The summed E-state index contributed by atoms with van der Waals surface area (Å²) in [7, 11) is 0. The first-order valence-corrected chi connectivity index (χ1v) is 7.76. The minimum atomic E-state index is -0.526. The van der Waals surface area contributed by atoms with Gasteiger partial charge in [-0.1, -0.05) is 20.8 Å². The van der Waals surface area contributed by atoms with Crippen molar-refractivity contribution in [2.45, 2.75) is 47.0 Å². The molecular weight excluding hydrogens is 294 g/mol. The van der Waals surface area contributed by atoms with Gasteiger partial charge in [-0.3, -0.25) is 14.6 Å². The van der Waals surface area contributed by atoms with E-state index >= 15 is 0 Å². The lowest BCUT2D eigenvalue weighted by Crippen LogP contribution is -2.29. The standard InChI is InChI=1S/C16H21N5O2/c1-9-8-12(18-14(23)16(2,3)4)21(20-9)15-17-11-7-5-6-10(11)13(22)19-15/h8H,5-7H2,1-4H3,(H,18,23)(H,17,19,22). The van der Waals surface area contributed by atoms with Gasteiger partial charge in [0.1, 0.15) is 5.82 Å². The quantitative estimate of drug-likeness (QED) is 0.883. The summed E-state index contributed by atoms with van der Waals surface area (Å²) >= 11 is 0. The van der Waals surface area contributed by atoms with Crippen LogP contribution in [0, 0.1) is 12.3 Å². The van der Waals surface area contributed by atoms with Crippen LogP contribution in [0.5, 0.6) is 0 Å². The zero-order chi connectivity index (χ0) is 16.8. The maximum atomic E-state index is 12.2. The van der Waals surface area contributed by atoms with Crippen molar-refractivity contribution < 1.29 is 4.79 Å². The number of carbonyl (C=O) groups excluding carboxylic acids is 1. The third-order valence-corrected chi connectivity index (χ3v) is 3.88. The van der Waals surface area contributed by atoms with Gasteiger partial charge in [0.2, 0.25) is 11.9 Å². The Hall–Kier alpha value is -2.44. The molecule has 1 amide bonds. The summed E-state index contributed by atoms with van der Waals surface area (Å²) in [4.78, 5) is 31.7. The Labute approximate surface area is 134 Å². The first-order chi connectivity index (χ1) is 10.8. The van der Waals surface area contributed by atoms with Crippen LogP contribution in [-0.2, 0) is 17.6 Å². The first kappa shape index (κ1) is 15.5. The molecule has 2 aromatic rings. The molecule has 0 aromatic carbocycles. The summed E-state index contributed by atoms with van der Waals surface area (Å²) in [5, 5.41) is 7.21. The molecule has 2 heterocycles. The fourth-order valence-electron chi connectivity index (χ4n) is 2.58. The number of anilines is 1. The van der Waals surface area contributed by atoms with Crippen molar-refractivity contribution in [2.24, 2.45) is 5.41 Å². The number of aromatic nitrogens is 4. The molecule has 0 spiro atoms. The number of hydrogen-bond acceptors (Lipinski definition) is 4. The molecule has 0 fully saturated rings. The van der Waals surface area contributed by atoms with Crippen LogP contribution in [0.3, 0.4) is 0 Å². The molecule has 7 heteroatoms. The largest absolute Gasteiger partial charge is 0.310 e. The lowest BCUT2D eigenvalue weighted by molar-refractivity contribution is -0.123. The highest BCUT2D eigenvalue weighted by molar-refractivity contribution is 5.94. The van der Waals surface area contributed by atoms with Crippen molar-refractivity contribution in [3.63, 3.8) is 0 Å². The van der Waals surface area contributed by atoms with Gasteiger partial charge in [0.25, 0.3) is 5.56 Å². The smallest absolute Gasteiger partial charge is 0.255 e. The summed E-state index contributed by atoms with van der Waals surface area (Å²) in [6, 6.07) is 1.76. The molecule has 0 saturated carbocycles. The van der Waals surface area contributed by atoms with Crippen molar-refractivity contribution in [1.82, 2.24) is 19.7 Å². The third-order valence-electron chi connectivity index (χ3n) is 3.88. The van der Waals surface area contributed by atoms with Gasteiger partial charge in [0.15, 0.2) is 0 Å². The zero-order valence-corrected chi connectivity index (χ0v) is 13.9. The number of aryl methyl sites for hydroxylation is 2. The molecule has 0 radical (unpaired) electrons. The molecule has 122 valence electrons. The van der Waals surface area contributed by atoms with Crippen molar-refractivity contribution in [2.75, 3.05) is 5.32 Å². The number of H-pyrrole nitrogens is 1. The van der Waals surface area contributed by atoms with Gasteiger partial charge in [0, 0.05) is 17.0 Å². The van der Waals surface area contributed by atoms with Crippen LogP contribution < -0.4 is 10.9 Å². The Kier molecular flexibility index (Phi) is 3.58. The Morgan fingerprint density at radius 3 is 2.78 bits per heavy atom. The van der Waals surface area contributed by atoms with E-state index in [1.165, 1.54) is 4.68 Å². The molecule has 23 heavy (non-hydrogen) atoms. The van der Waals surface area contributed by atoms with Crippen LogP contribution in [0.4, 0.5) is 5.82 Å². The van der Waals surface area contributed by atoms with Gasteiger partial charge >= 0.3 is 0 Å². The van der Waals surface area contributed by atoms with Crippen molar-refractivity contribution in [3.8, 4) is 5.95 Å². The van der Waals surface area contributed by atoms with E-state index in [4.69, 9.17) is 0 Å². The number of hydrogen-bond donors (Lipinski definition) is 2. The molecule has 1 aliphatic carbocycles. The zero-order valence-electron chi connectivity index (χ0n) is 13.9. The monoisotopic (exact) mass is 315 g/mol. The van der Waals surface area contributed by atoms with Crippen LogP contribution >= 0.6 is 0 Å². The minimum absolute atomic E-state index is 0.122. The lowest BCUT2D eigenvalue weighted by atomic mass is 9.96. The maximum Gasteiger partial charge on any atom is 0.255 e. The molecule has 7 nitrogen and oxygen atoms in total. The summed E-state index contributed by atoms with van der Waals surface area (Å²) in [6.45, 7) is 7.34. The topological polar surface area (TPSA) is 92.7 Å². The molecule has 0 aliphatic heterocycles. The summed E-state index contributed by atoms with van der Waals surface area (Å²) in [6.07, 6.45) is 2.51. The minimum Gasteiger partial charge on any atom is -0.310 e. The van der Waals surface area contributed by atoms with Gasteiger partial charge in [-0.05, 0) is 26.2 Å². The number of aromatic amines is 1. The van der Waals surface area contributed by atoms with E-state index in [0.717, 1.165) is 36.2 Å². The van der Waals surface area contributed by atoms with E-state index in [9.17, 15) is 9.59 Å².